The van der Waals surface area contributed by atoms with Crippen molar-refractivity contribution in [3.63, 3.8) is 0 Å². The number of nitrogens with zero attached hydrogens (tertiary/aromatic N) is 1. The van der Waals surface area contributed by atoms with Gasteiger partial charge in [0.25, 0.3) is 11.8 Å². The van der Waals surface area contributed by atoms with Crippen LogP contribution in [0.25, 0.3) is 0 Å². The third-order valence-electron chi connectivity index (χ3n) is 5.42. The molecule has 9 heteroatoms. The second-order valence-corrected chi connectivity index (χ2v) is 8.78. The maximum absolute atomic E-state index is 13.0. The van der Waals surface area contributed by atoms with E-state index >= 15 is 0 Å². The zero-order valence-corrected chi connectivity index (χ0v) is 20.9. The third kappa shape index (κ3) is 5.87. The van der Waals surface area contributed by atoms with Crippen LogP contribution in [0.4, 0.5) is 11.4 Å². The molecule has 0 aromatic heterocycles. The van der Waals surface area contributed by atoms with Crippen LogP contribution in [0.15, 0.2) is 83.5 Å². The molecule has 1 heterocycles. The minimum Gasteiger partial charge on any atom is -0.494 e. The van der Waals surface area contributed by atoms with Crippen molar-refractivity contribution in [3.05, 3.63) is 99.7 Å². The number of ether oxygens (including phenoxy) is 1. The molecule has 0 radical (unpaired) electrons. The van der Waals surface area contributed by atoms with Gasteiger partial charge in [0.15, 0.2) is 0 Å². The van der Waals surface area contributed by atoms with Crippen LogP contribution < -0.4 is 20.3 Å². The molecule has 0 bridgehead atoms. The smallest absolute Gasteiger partial charge is 0.283 e. The molecule has 0 aliphatic carbocycles. The molecule has 3 aromatic carbocycles. The van der Waals surface area contributed by atoms with E-state index < -0.39 is 11.8 Å². The standard InChI is InChI=1S/C27H23Cl2N3O4/c1-2-36-22-13-11-21(12-14-22)32-26(34)24(29)25(27(32)35)31-20-9-5-17(6-10-20)15-23(33)30-16-18-3-7-19(28)8-4-18/h3-14,31H,2,15-16H2,1H3,(H,30,33). The first kappa shape index (κ1) is 25.3. The largest absolute Gasteiger partial charge is 0.494 e. The van der Waals surface area contributed by atoms with Crippen LogP contribution in [0.2, 0.25) is 5.02 Å². The minimum absolute atomic E-state index is 0.0102. The van der Waals surface area contributed by atoms with Gasteiger partial charge in [0, 0.05) is 17.3 Å². The Morgan fingerprint density at radius 2 is 1.50 bits per heavy atom. The molecule has 0 saturated carbocycles. The summed E-state index contributed by atoms with van der Waals surface area (Å²) in [6.45, 7) is 2.78. The molecule has 36 heavy (non-hydrogen) atoms. The summed E-state index contributed by atoms with van der Waals surface area (Å²) in [6, 6.07) is 20.9. The first-order chi connectivity index (χ1) is 17.4. The highest BCUT2D eigenvalue weighted by atomic mass is 35.5. The van der Waals surface area contributed by atoms with Crippen LogP contribution in [0.1, 0.15) is 18.1 Å². The molecule has 0 unspecified atom stereocenters. The monoisotopic (exact) mass is 523 g/mol. The van der Waals surface area contributed by atoms with E-state index in [0.29, 0.717) is 35.3 Å². The fourth-order valence-electron chi connectivity index (χ4n) is 3.61. The predicted molar refractivity (Wildman–Crippen MR) is 140 cm³/mol. The average molecular weight is 524 g/mol. The van der Waals surface area contributed by atoms with Crippen LogP contribution >= 0.6 is 23.2 Å². The summed E-state index contributed by atoms with van der Waals surface area (Å²) in [4.78, 5) is 39.0. The van der Waals surface area contributed by atoms with Crippen molar-refractivity contribution in [2.75, 3.05) is 16.8 Å². The van der Waals surface area contributed by atoms with Gasteiger partial charge >= 0.3 is 0 Å². The number of hydrogen-bond acceptors (Lipinski definition) is 5. The average Bonchev–Trinajstić information content (AvgIpc) is 3.08. The molecule has 3 amide bonds. The molecular formula is C27H23Cl2N3O4. The van der Waals surface area contributed by atoms with Crippen molar-refractivity contribution in [1.29, 1.82) is 0 Å². The van der Waals surface area contributed by atoms with Crippen molar-refractivity contribution in [3.8, 4) is 5.75 Å². The lowest BCUT2D eigenvalue weighted by Gasteiger charge is -2.15. The summed E-state index contributed by atoms with van der Waals surface area (Å²) in [5.41, 5.74) is 2.68. The lowest BCUT2D eigenvalue weighted by molar-refractivity contribution is -0.121. The topological polar surface area (TPSA) is 87.7 Å². The molecule has 2 N–H and O–H groups in total. The number of rotatable bonds is 9. The van der Waals surface area contributed by atoms with Gasteiger partial charge in [-0.15, -0.1) is 0 Å². The number of carbonyl (C=O) groups excluding carboxylic acids is 3. The van der Waals surface area contributed by atoms with E-state index in [0.717, 1.165) is 16.0 Å². The molecule has 1 aliphatic heterocycles. The number of carbonyl (C=O) groups is 3. The number of anilines is 2. The van der Waals surface area contributed by atoms with Gasteiger partial charge in [0.1, 0.15) is 16.5 Å². The molecule has 1 aliphatic rings. The van der Waals surface area contributed by atoms with Crippen LogP contribution in [-0.4, -0.2) is 24.3 Å². The van der Waals surface area contributed by atoms with Gasteiger partial charge in [-0.05, 0) is 66.6 Å². The summed E-state index contributed by atoms with van der Waals surface area (Å²) >= 11 is 12.1. The highest BCUT2D eigenvalue weighted by Gasteiger charge is 2.38. The lowest BCUT2D eigenvalue weighted by Crippen LogP contribution is -2.32. The SMILES string of the molecule is CCOc1ccc(N2C(=O)C(Cl)=C(Nc3ccc(CC(=O)NCc4ccc(Cl)cc4)cc3)C2=O)cc1. The van der Waals surface area contributed by atoms with Crippen molar-refractivity contribution >= 4 is 52.3 Å². The van der Waals surface area contributed by atoms with Crippen molar-refractivity contribution in [2.45, 2.75) is 19.9 Å². The fraction of sp³-hybridized carbons (Fsp3) is 0.148. The Morgan fingerprint density at radius 1 is 0.861 bits per heavy atom. The van der Waals surface area contributed by atoms with Gasteiger partial charge in [-0.25, -0.2) is 4.90 Å². The van der Waals surface area contributed by atoms with Gasteiger partial charge in [-0.1, -0.05) is 47.5 Å². The summed E-state index contributed by atoms with van der Waals surface area (Å²) in [7, 11) is 0. The summed E-state index contributed by atoms with van der Waals surface area (Å²) < 4.78 is 5.40. The predicted octanol–water partition coefficient (Wildman–Crippen LogP) is 5.03. The minimum atomic E-state index is -0.609. The van der Waals surface area contributed by atoms with E-state index in [1.165, 1.54) is 0 Å². The van der Waals surface area contributed by atoms with Gasteiger partial charge in [-0.3, -0.25) is 14.4 Å². The van der Waals surface area contributed by atoms with E-state index in [-0.39, 0.29) is 23.1 Å². The van der Waals surface area contributed by atoms with E-state index in [2.05, 4.69) is 10.6 Å². The molecular weight excluding hydrogens is 501 g/mol. The number of amides is 3. The lowest BCUT2D eigenvalue weighted by atomic mass is 10.1. The van der Waals surface area contributed by atoms with Crippen LogP contribution in [0.5, 0.6) is 5.75 Å². The van der Waals surface area contributed by atoms with Gasteiger partial charge < -0.3 is 15.4 Å². The van der Waals surface area contributed by atoms with E-state index in [4.69, 9.17) is 27.9 Å². The Kier molecular flexibility index (Phi) is 7.93. The quantitative estimate of drug-likeness (QED) is 0.384. The van der Waals surface area contributed by atoms with E-state index in [1.54, 1.807) is 60.7 Å². The van der Waals surface area contributed by atoms with Gasteiger partial charge in [-0.2, -0.15) is 0 Å². The van der Waals surface area contributed by atoms with Crippen molar-refractivity contribution in [1.82, 2.24) is 5.32 Å². The Morgan fingerprint density at radius 3 is 2.14 bits per heavy atom. The Balaban J connectivity index is 1.36. The molecule has 0 atom stereocenters. The maximum atomic E-state index is 13.0. The summed E-state index contributed by atoms with van der Waals surface area (Å²) in [5, 5.41) is 6.25. The zero-order chi connectivity index (χ0) is 25.7. The molecule has 0 saturated heterocycles. The van der Waals surface area contributed by atoms with E-state index in [1.807, 2.05) is 19.1 Å². The van der Waals surface area contributed by atoms with Gasteiger partial charge in [0.2, 0.25) is 5.91 Å². The Bertz CT molecular complexity index is 1300. The van der Waals surface area contributed by atoms with E-state index in [9.17, 15) is 14.4 Å². The van der Waals surface area contributed by atoms with Crippen molar-refractivity contribution < 1.29 is 19.1 Å². The number of hydrogen-bond donors (Lipinski definition) is 2. The summed E-state index contributed by atoms with van der Waals surface area (Å²) in [6.07, 6.45) is 0.195. The third-order valence-corrected chi connectivity index (χ3v) is 6.03. The second kappa shape index (κ2) is 11.3. The van der Waals surface area contributed by atoms with Crippen LogP contribution in [0.3, 0.4) is 0 Å². The highest BCUT2D eigenvalue weighted by molar-refractivity contribution is 6.53. The molecule has 7 nitrogen and oxygen atoms in total. The maximum Gasteiger partial charge on any atom is 0.283 e. The van der Waals surface area contributed by atoms with Crippen molar-refractivity contribution in [2.24, 2.45) is 0 Å². The van der Waals surface area contributed by atoms with Crippen LogP contribution in [0, 0.1) is 0 Å². The first-order valence-electron chi connectivity index (χ1n) is 11.2. The second-order valence-electron chi connectivity index (χ2n) is 7.96. The normalized spacial score (nSPS) is 13.2. The number of halogens is 2. The first-order valence-corrected chi connectivity index (χ1v) is 12.0. The summed E-state index contributed by atoms with van der Waals surface area (Å²) in [5.74, 6) is -0.655. The number of nitrogens with one attached hydrogen (secondary N) is 2. The molecule has 184 valence electrons. The molecule has 4 rings (SSSR count). The number of benzene rings is 3. The Hall–Kier alpha value is -3.81. The number of imide groups is 1. The Labute approximate surface area is 218 Å². The van der Waals surface area contributed by atoms with Crippen LogP contribution in [-0.2, 0) is 27.3 Å². The van der Waals surface area contributed by atoms with Gasteiger partial charge in [0.05, 0.1) is 18.7 Å². The highest BCUT2D eigenvalue weighted by Crippen LogP contribution is 2.31. The molecule has 0 spiro atoms. The molecule has 0 fully saturated rings. The zero-order valence-electron chi connectivity index (χ0n) is 19.4. The fourth-order valence-corrected chi connectivity index (χ4v) is 3.94. The molecule has 3 aromatic rings.